The van der Waals surface area contributed by atoms with Crippen molar-refractivity contribution in [2.75, 3.05) is 4.90 Å². The highest BCUT2D eigenvalue weighted by atomic mass is 15.2. The van der Waals surface area contributed by atoms with Gasteiger partial charge in [-0.3, -0.25) is 0 Å². The van der Waals surface area contributed by atoms with Crippen molar-refractivity contribution in [3.05, 3.63) is 190 Å². The third-order valence-corrected chi connectivity index (χ3v) is 12.4. The van der Waals surface area contributed by atoms with Crippen molar-refractivity contribution in [1.82, 2.24) is 0 Å². The van der Waals surface area contributed by atoms with Gasteiger partial charge in [0.15, 0.2) is 0 Å². The summed E-state index contributed by atoms with van der Waals surface area (Å²) in [7, 11) is 0. The number of anilines is 3. The van der Waals surface area contributed by atoms with Crippen molar-refractivity contribution in [3.63, 3.8) is 0 Å². The fourth-order valence-electron chi connectivity index (χ4n) is 9.35. The lowest BCUT2D eigenvalue weighted by molar-refractivity contribution is 0.590. The third-order valence-electron chi connectivity index (χ3n) is 12.4. The Morgan fingerprint density at radius 2 is 1.16 bits per heavy atom. The summed E-state index contributed by atoms with van der Waals surface area (Å²) in [5.41, 5.74) is 25.3. The zero-order valence-corrected chi connectivity index (χ0v) is 34.3. The van der Waals surface area contributed by atoms with E-state index in [0.29, 0.717) is 5.92 Å². The molecule has 0 aromatic heterocycles. The van der Waals surface area contributed by atoms with Crippen molar-refractivity contribution in [1.29, 1.82) is 0 Å². The first-order valence-electron chi connectivity index (χ1n) is 20.4. The van der Waals surface area contributed by atoms with Crippen LogP contribution in [0.2, 0.25) is 0 Å². The number of nitrogens with zero attached hydrogens (tertiary/aromatic N) is 1. The average Bonchev–Trinajstić information content (AvgIpc) is 3.31. The predicted octanol–water partition coefficient (Wildman–Crippen LogP) is 12.0. The molecule has 2 aliphatic rings. The molecule has 0 amide bonds. The lowest BCUT2D eigenvalue weighted by Crippen LogP contribution is -2.58. The number of hydrogen-bond donors (Lipinski definition) is 0. The van der Waals surface area contributed by atoms with E-state index in [4.69, 9.17) is 0 Å². The Bertz CT molecular complexity index is 2620. The fraction of sp³-hybridized carbons (Fsp3) is 0.222. The van der Waals surface area contributed by atoms with Crippen LogP contribution in [0.15, 0.2) is 140 Å². The summed E-state index contributed by atoms with van der Waals surface area (Å²) in [6, 6.07) is 54.2. The highest BCUT2D eigenvalue weighted by Gasteiger charge is 2.42. The molecule has 0 spiro atoms. The lowest BCUT2D eigenvalue weighted by atomic mass is 9.34. The van der Waals surface area contributed by atoms with E-state index in [2.05, 4.69) is 200 Å². The van der Waals surface area contributed by atoms with Gasteiger partial charge in [-0.15, -0.1) is 0 Å². The van der Waals surface area contributed by atoms with E-state index in [9.17, 15) is 0 Å². The molecule has 0 N–H and O–H groups in total. The molecule has 0 radical (unpaired) electrons. The second-order valence-corrected chi connectivity index (χ2v) is 17.8. The van der Waals surface area contributed by atoms with Crippen LogP contribution in [0.5, 0.6) is 0 Å². The highest BCUT2D eigenvalue weighted by Crippen LogP contribution is 2.46. The minimum absolute atomic E-state index is 0.0439. The number of benzene rings is 7. The molecule has 276 valence electrons. The van der Waals surface area contributed by atoms with E-state index in [1.807, 2.05) is 0 Å². The Labute approximate surface area is 335 Å². The van der Waals surface area contributed by atoms with Gasteiger partial charge in [0.2, 0.25) is 6.71 Å². The van der Waals surface area contributed by atoms with Gasteiger partial charge in [-0.05, 0) is 127 Å². The van der Waals surface area contributed by atoms with E-state index >= 15 is 0 Å². The Balaban J connectivity index is 1.39. The maximum Gasteiger partial charge on any atom is 0.247 e. The van der Waals surface area contributed by atoms with E-state index < -0.39 is 0 Å². The van der Waals surface area contributed by atoms with Crippen molar-refractivity contribution in [2.45, 2.75) is 79.6 Å². The molecule has 0 aliphatic carbocycles. The Hall–Kier alpha value is -5.60. The summed E-state index contributed by atoms with van der Waals surface area (Å²) >= 11 is 0. The van der Waals surface area contributed by atoms with Crippen molar-refractivity contribution in [3.8, 4) is 22.3 Å². The number of aryl methyl sites for hydroxylation is 5. The summed E-state index contributed by atoms with van der Waals surface area (Å²) in [5, 5.41) is 0. The molecular formula is C54H52BN. The highest BCUT2D eigenvalue weighted by molar-refractivity contribution is 6.98. The second-order valence-electron chi connectivity index (χ2n) is 17.8. The zero-order chi connectivity index (χ0) is 38.9. The van der Waals surface area contributed by atoms with Gasteiger partial charge < -0.3 is 4.90 Å². The smallest absolute Gasteiger partial charge is 0.247 e. The van der Waals surface area contributed by atoms with E-state index in [-0.39, 0.29) is 12.1 Å². The van der Waals surface area contributed by atoms with Crippen LogP contribution < -0.4 is 21.3 Å². The van der Waals surface area contributed by atoms with Crippen molar-refractivity contribution < 1.29 is 0 Å². The van der Waals surface area contributed by atoms with Gasteiger partial charge in [0, 0.05) is 16.9 Å². The molecule has 0 saturated carbocycles. The molecule has 1 atom stereocenters. The van der Waals surface area contributed by atoms with Gasteiger partial charge in [-0.1, -0.05) is 175 Å². The van der Waals surface area contributed by atoms with E-state index in [0.717, 1.165) is 12.8 Å². The lowest BCUT2D eigenvalue weighted by Gasteiger charge is -2.40. The molecule has 0 fully saturated rings. The maximum absolute atomic E-state index is 2.62. The maximum atomic E-state index is 2.62. The molecular weight excluding hydrogens is 673 g/mol. The minimum Gasteiger partial charge on any atom is -0.311 e. The molecule has 9 rings (SSSR count). The van der Waals surface area contributed by atoms with Gasteiger partial charge >= 0.3 is 0 Å². The summed E-state index contributed by atoms with van der Waals surface area (Å²) in [5.74, 6) is 0.298. The Morgan fingerprint density at radius 1 is 0.536 bits per heavy atom. The van der Waals surface area contributed by atoms with Crippen LogP contribution >= 0.6 is 0 Å². The van der Waals surface area contributed by atoms with Crippen molar-refractivity contribution >= 4 is 40.2 Å². The minimum atomic E-state index is 0.0439. The normalized spacial score (nSPS) is 14.5. The number of rotatable bonds is 5. The Morgan fingerprint density at radius 3 is 1.88 bits per heavy atom. The van der Waals surface area contributed by atoms with Gasteiger partial charge in [0.25, 0.3) is 0 Å². The molecule has 1 nitrogen and oxygen atoms in total. The second kappa shape index (κ2) is 13.9. The Kier molecular flexibility index (Phi) is 8.92. The zero-order valence-electron chi connectivity index (χ0n) is 34.3. The predicted molar refractivity (Wildman–Crippen MR) is 242 cm³/mol. The van der Waals surface area contributed by atoms with Crippen LogP contribution in [0.1, 0.15) is 76.8 Å². The molecule has 1 unspecified atom stereocenters. The summed E-state index contributed by atoms with van der Waals surface area (Å²) in [6.07, 6.45) is 1.98. The van der Waals surface area contributed by atoms with E-state index in [1.165, 1.54) is 106 Å². The van der Waals surface area contributed by atoms with Gasteiger partial charge in [0.05, 0.1) is 5.69 Å². The van der Waals surface area contributed by atoms with Crippen LogP contribution in [-0.4, -0.2) is 6.71 Å². The molecule has 2 aliphatic heterocycles. The van der Waals surface area contributed by atoms with E-state index in [1.54, 1.807) is 0 Å². The molecule has 7 aromatic rings. The number of hydrogen-bond acceptors (Lipinski definition) is 1. The molecule has 0 bridgehead atoms. The summed E-state index contributed by atoms with van der Waals surface area (Å²) < 4.78 is 0. The molecule has 2 heterocycles. The first kappa shape index (κ1) is 36.1. The van der Waals surface area contributed by atoms with Crippen LogP contribution in [-0.2, 0) is 18.3 Å². The first-order chi connectivity index (χ1) is 26.9. The van der Waals surface area contributed by atoms with Crippen LogP contribution in [0.3, 0.4) is 0 Å². The number of fused-ring (bicyclic) bond motifs is 4. The van der Waals surface area contributed by atoms with Gasteiger partial charge in [0.1, 0.15) is 0 Å². The van der Waals surface area contributed by atoms with Crippen molar-refractivity contribution in [2.24, 2.45) is 0 Å². The third kappa shape index (κ3) is 6.50. The average molecular weight is 726 g/mol. The first-order valence-corrected chi connectivity index (χ1v) is 20.4. The molecule has 2 heteroatoms. The summed E-state index contributed by atoms with van der Waals surface area (Å²) in [4.78, 5) is 2.62. The molecule has 7 aromatic carbocycles. The quantitative estimate of drug-likeness (QED) is 0.160. The molecule has 56 heavy (non-hydrogen) atoms. The van der Waals surface area contributed by atoms with Gasteiger partial charge in [-0.2, -0.15) is 0 Å². The molecule has 0 saturated heterocycles. The van der Waals surface area contributed by atoms with Crippen LogP contribution in [0.25, 0.3) is 22.3 Å². The van der Waals surface area contributed by atoms with Crippen LogP contribution in [0.4, 0.5) is 17.1 Å². The fourth-order valence-corrected chi connectivity index (χ4v) is 9.35. The SMILES string of the molecule is Cc1ccc(CC2Cc3ccc(C)cc3B3c4cc(C)ccc4N(c4ccc(C)cc4-c4ccc(C)cc4)c4cc(-c5cccc(C(C)(C)C)c5)cc2c43)cc1. The topological polar surface area (TPSA) is 3.24 Å². The monoisotopic (exact) mass is 725 g/mol. The standard InChI is InChI=1S/C54H52BN/c1-34-12-19-39(20-13-34)29-44-30-42-23-16-37(4)27-48(42)55-49-28-38(5)18-25-51(49)56(50-24-17-36(3)26-46(50)40-21-14-35(2)15-22-40)52-33-43(32-47(44)53(52)55)41-10-9-11-45(31-41)54(6,7)8/h9-28,31-33,44H,29-30H2,1-8H3. The summed E-state index contributed by atoms with van der Waals surface area (Å²) in [6.45, 7) is 18.2. The largest absolute Gasteiger partial charge is 0.311 e. The van der Waals surface area contributed by atoms with Gasteiger partial charge in [-0.25, -0.2) is 0 Å². The van der Waals surface area contributed by atoms with Crippen LogP contribution in [0, 0.1) is 34.6 Å².